The van der Waals surface area contributed by atoms with Gasteiger partial charge in [-0.3, -0.25) is 4.79 Å². The lowest BCUT2D eigenvalue weighted by Crippen LogP contribution is -2.47. The molecule has 4 heterocycles. The van der Waals surface area contributed by atoms with Crippen molar-refractivity contribution in [3.8, 4) is 0 Å². The van der Waals surface area contributed by atoms with Gasteiger partial charge in [-0.05, 0) is 38.5 Å². The van der Waals surface area contributed by atoms with E-state index in [2.05, 4.69) is 19.9 Å². The van der Waals surface area contributed by atoms with Crippen LogP contribution >= 0.6 is 11.3 Å². The molecule has 0 aromatic carbocycles. The normalized spacial score (nSPS) is 23.2. The summed E-state index contributed by atoms with van der Waals surface area (Å²) in [6.07, 6.45) is 9.14. The predicted molar refractivity (Wildman–Crippen MR) is 100 cm³/mol. The second-order valence-electron chi connectivity index (χ2n) is 7.45. The molecule has 0 N–H and O–H groups in total. The van der Waals surface area contributed by atoms with Gasteiger partial charge in [-0.2, -0.15) is 0 Å². The number of nitrogens with zero attached hydrogens (tertiary/aromatic N) is 5. The maximum atomic E-state index is 12.1. The zero-order valence-electron chi connectivity index (χ0n) is 15.1. The molecule has 2 aromatic rings. The molecule has 0 spiro atoms. The number of aryl methyl sites for hydroxylation is 1. The lowest BCUT2D eigenvalue weighted by atomic mass is 9.86. The molecule has 25 heavy (non-hydrogen) atoms. The highest BCUT2D eigenvalue weighted by Gasteiger charge is 2.33. The Hall–Kier alpha value is -1.63. The summed E-state index contributed by atoms with van der Waals surface area (Å²) < 4.78 is 1.89. The van der Waals surface area contributed by atoms with Crippen LogP contribution in [-0.2, 0) is 4.79 Å². The first-order valence-electron chi connectivity index (χ1n) is 9.47. The Bertz CT molecular complexity index is 714. The van der Waals surface area contributed by atoms with Gasteiger partial charge in [0, 0.05) is 32.6 Å². The molecule has 0 saturated carbocycles. The van der Waals surface area contributed by atoms with Crippen molar-refractivity contribution in [1.82, 2.24) is 19.5 Å². The van der Waals surface area contributed by atoms with Gasteiger partial charge in [0.15, 0.2) is 0 Å². The average Bonchev–Trinajstić information content (AvgIpc) is 3.02. The van der Waals surface area contributed by atoms with Gasteiger partial charge in [0.2, 0.25) is 16.0 Å². The van der Waals surface area contributed by atoms with E-state index in [0.717, 1.165) is 54.7 Å². The van der Waals surface area contributed by atoms with Crippen LogP contribution in [0.3, 0.4) is 0 Å². The lowest BCUT2D eigenvalue weighted by molar-refractivity contribution is -0.132. The van der Waals surface area contributed by atoms with E-state index >= 15 is 0 Å². The van der Waals surface area contributed by atoms with Crippen LogP contribution in [0.2, 0.25) is 0 Å². The third kappa shape index (κ3) is 3.38. The van der Waals surface area contributed by atoms with Gasteiger partial charge in [0.05, 0.1) is 11.9 Å². The molecule has 2 saturated heterocycles. The number of fused-ring (bicyclic) bond motifs is 1. The second-order valence-corrected chi connectivity index (χ2v) is 8.38. The molecule has 2 fully saturated rings. The van der Waals surface area contributed by atoms with Crippen LogP contribution in [0.15, 0.2) is 6.20 Å². The van der Waals surface area contributed by atoms with Crippen molar-refractivity contribution in [2.45, 2.75) is 58.4 Å². The molecule has 6 nitrogen and oxygen atoms in total. The first kappa shape index (κ1) is 16.8. The van der Waals surface area contributed by atoms with Gasteiger partial charge in [-0.1, -0.05) is 24.2 Å². The number of carbonyl (C=O) groups is 1. The van der Waals surface area contributed by atoms with E-state index in [-0.39, 0.29) is 5.91 Å². The summed E-state index contributed by atoms with van der Waals surface area (Å²) in [5.41, 5.74) is 1.02. The van der Waals surface area contributed by atoms with Crippen molar-refractivity contribution < 1.29 is 4.79 Å². The molecule has 1 amide bonds. The van der Waals surface area contributed by atoms with Crippen molar-refractivity contribution in [2.75, 3.05) is 24.5 Å². The number of hydrogen-bond donors (Lipinski definition) is 0. The average molecular weight is 362 g/mol. The van der Waals surface area contributed by atoms with Gasteiger partial charge in [-0.25, -0.2) is 9.50 Å². The minimum absolute atomic E-state index is 0.255. The summed E-state index contributed by atoms with van der Waals surface area (Å²) >= 11 is 1.67. The SMILES string of the molecule is CC(=O)N1CCCCCC1C1CCN(c2nn3cc(C)nc3s2)CC1. The maximum Gasteiger partial charge on any atom is 0.219 e. The van der Waals surface area contributed by atoms with Crippen LogP contribution in [-0.4, -0.2) is 51.1 Å². The molecule has 136 valence electrons. The Morgan fingerprint density at radius 2 is 1.96 bits per heavy atom. The molecule has 0 radical (unpaired) electrons. The van der Waals surface area contributed by atoms with E-state index in [9.17, 15) is 4.79 Å². The van der Waals surface area contributed by atoms with E-state index in [1.165, 1.54) is 19.3 Å². The first-order chi connectivity index (χ1) is 12.1. The summed E-state index contributed by atoms with van der Waals surface area (Å²) in [6, 6.07) is 0.443. The summed E-state index contributed by atoms with van der Waals surface area (Å²) in [7, 11) is 0. The van der Waals surface area contributed by atoms with E-state index < -0.39 is 0 Å². The van der Waals surface area contributed by atoms with Gasteiger partial charge in [0.25, 0.3) is 0 Å². The number of hydrogen-bond acceptors (Lipinski definition) is 5. The second kappa shape index (κ2) is 6.94. The highest BCUT2D eigenvalue weighted by atomic mass is 32.1. The van der Waals surface area contributed by atoms with Gasteiger partial charge < -0.3 is 9.80 Å². The Balaban J connectivity index is 1.42. The smallest absolute Gasteiger partial charge is 0.219 e. The number of piperidine rings is 1. The molecule has 2 aliphatic heterocycles. The Kier molecular flexibility index (Phi) is 4.67. The largest absolute Gasteiger partial charge is 0.347 e. The number of anilines is 1. The first-order valence-corrected chi connectivity index (χ1v) is 10.3. The van der Waals surface area contributed by atoms with Crippen molar-refractivity contribution in [2.24, 2.45) is 5.92 Å². The predicted octanol–water partition coefficient (Wildman–Crippen LogP) is 3.11. The maximum absolute atomic E-state index is 12.1. The third-order valence-corrected chi connectivity index (χ3v) is 6.69. The zero-order valence-corrected chi connectivity index (χ0v) is 16.0. The van der Waals surface area contributed by atoms with Gasteiger partial charge >= 0.3 is 0 Å². The standard InChI is InChI=1S/C18H27N5OS/c1-13-12-23-17(19-13)25-18(20-23)21-10-7-15(8-11-21)16-6-4-3-5-9-22(16)14(2)24/h12,15-16H,3-11H2,1-2H3. The van der Waals surface area contributed by atoms with Crippen LogP contribution in [0.4, 0.5) is 5.13 Å². The monoisotopic (exact) mass is 361 g/mol. The minimum Gasteiger partial charge on any atom is -0.347 e. The van der Waals surface area contributed by atoms with Gasteiger partial charge in [0.1, 0.15) is 0 Å². The van der Waals surface area contributed by atoms with E-state index in [4.69, 9.17) is 0 Å². The molecule has 2 aliphatic rings. The molecular weight excluding hydrogens is 334 g/mol. The fourth-order valence-electron chi connectivity index (χ4n) is 4.42. The van der Waals surface area contributed by atoms with E-state index in [0.29, 0.717) is 12.0 Å². The van der Waals surface area contributed by atoms with Crippen LogP contribution in [0, 0.1) is 12.8 Å². The molecule has 0 bridgehead atoms. The van der Waals surface area contributed by atoms with Crippen LogP contribution < -0.4 is 4.90 Å². The highest BCUT2D eigenvalue weighted by molar-refractivity contribution is 7.20. The molecular formula is C18H27N5OS. The van der Waals surface area contributed by atoms with Crippen LogP contribution in [0.25, 0.3) is 4.96 Å². The minimum atomic E-state index is 0.255. The number of imidazole rings is 1. The molecule has 7 heteroatoms. The van der Waals surface area contributed by atoms with Crippen molar-refractivity contribution in [3.05, 3.63) is 11.9 Å². The number of aromatic nitrogens is 3. The van der Waals surface area contributed by atoms with Crippen molar-refractivity contribution >= 4 is 27.3 Å². The van der Waals surface area contributed by atoms with Crippen molar-refractivity contribution in [1.29, 1.82) is 0 Å². The zero-order chi connectivity index (χ0) is 17.4. The topological polar surface area (TPSA) is 53.7 Å². The van der Waals surface area contributed by atoms with E-state index in [1.807, 2.05) is 17.6 Å². The number of likely N-dealkylation sites (tertiary alicyclic amines) is 1. The van der Waals surface area contributed by atoms with Crippen LogP contribution in [0.1, 0.15) is 51.1 Å². The van der Waals surface area contributed by atoms with Crippen molar-refractivity contribution in [3.63, 3.8) is 0 Å². The number of carbonyl (C=O) groups excluding carboxylic acids is 1. The number of amides is 1. The molecule has 1 atom stereocenters. The summed E-state index contributed by atoms with van der Waals surface area (Å²) in [5, 5.41) is 5.76. The Labute approximate surface area is 152 Å². The van der Waals surface area contributed by atoms with Crippen LogP contribution in [0.5, 0.6) is 0 Å². The van der Waals surface area contributed by atoms with Gasteiger partial charge in [-0.15, -0.1) is 5.10 Å². The quantitative estimate of drug-likeness (QED) is 0.825. The Morgan fingerprint density at radius 3 is 2.68 bits per heavy atom. The van der Waals surface area contributed by atoms with E-state index in [1.54, 1.807) is 18.3 Å². The fraction of sp³-hybridized carbons (Fsp3) is 0.722. The highest BCUT2D eigenvalue weighted by Crippen LogP contribution is 2.33. The molecule has 0 aliphatic carbocycles. The Morgan fingerprint density at radius 1 is 1.16 bits per heavy atom. The molecule has 4 rings (SSSR count). The number of rotatable bonds is 2. The summed E-state index contributed by atoms with van der Waals surface area (Å²) in [6.45, 7) is 6.75. The third-order valence-electron chi connectivity index (χ3n) is 5.71. The fourth-order valence-corrected chi connectivity index (χ4v) is 5.40. The molecule has 1 unspecified atom stereocenters. The summed E-state index contributed by atoms with van der Waals surface area (Å²) in [4.78, 5) is 22.1. The molecule has 2 aromatic heterocycles. The summed E-state index contributed by atoms with van der Waals surface area (Å²) in [5.74, 6) is 0.885. The lowest BCUT2D eigenvalue weighted by Gasteiger charge is -2.40.